The van der Waals surface area contributed by atoms with Gasteiger partial charge in [0.05, 0.1) is 5.02 Å². The lowest BCUT2D eigenvalue weighted by molar-refractivity contribution is -0.274. The van der Waals surface area contributed by atoms with Crippen LogP contribution in [0.2, 0.25) is 5.02 Å². The van der Waals surface area contributed by atoms with Crippen LogP contribution in [0.5, 0.6) is 11.5 Å². The Labute approximate surface area is 61.5 Å². The monoisotopic (exact) mass is 161 g/mol. The van der Waals surface area contributed by atoms with Crippen LogP contribution in [0.1, 0.15) is 0 Å². The van der Waals surface area contributed by atoms with Crippen molar-refractivity contribution in [3.8, 4) is 11.5 Å². The van der Waals surface area contributed by atoms with E-state index in [1.807, 2.05) is 0 Å². The summed E-state index contributed by atoms with van der Waals surface area (Å²) in [6.45, 7) is 0. The average molecular weight is 162 g/mol. The fraction of sp³-hybridized carbons (Fsp3) is 0. The number of benzene rings is 1. The van der Waals surface area contributed by atoms with Crippen molar-refractivity contribution < 1.29 is 14.6 Å². The fourth-order valence-electron chi connectivity index (χ4n) is 0.523. The van der Waals surface area contributed by atoms with Crippen LogP contribution in [0.4, 0.5) is 4.39 Å². The molecule has 0 bridgehead atoms. The van der Waals surface area contributed by atoms with Crippen molar-refractivity contribution in [3.63, 3.8) is 0 Å². The number of halogens is 2. The highest BCUT2D eigenvalue weighted by atomic mass is 35.5. The Morgan fingerprint density at radius 2 is 2.10 bits per heavy atom. The minimum Gasteiger partial charge on any atom is -0.868 e. The average Bonchev–Trinajstić information content (AvgIpc) is 1.93. The van der Waals surface area contributed by atoms with Crippen LogP contribution >= 0.6 is 11.6 Å². The number of rotatable bonds is 0. The van der Waals surface area contributed by atoms with Gasteiger partial charge in [-0.3, -0.25) is 0 Å². The van der Waals surface area contributed by atoms with Crippen molar-refractivity contribution >= 4 is 11.6 Å². The van der Waals surface area contributed by atoms with E-state index < -0.39 is 17.3 Å². The molecule has 4 heteroatoms. The maximum absolute atomic E-state index is 12.2. The third-order valence-corrected chi connectivity index (χ3v) is 1.34. The van der Waals surface area contributed by atoms with Crippen LogP contribution in [0.25, 0.3) is 0 Å². The smallest absolute Gasteiger partial charge is 0.129 e. The molecule has 0 amide bonds. The van der Waals surface area contributed by atoms with Gasteiger partial charge in [0.2, 0.25) is 0 Å². The summed E-state index contributed by atoms with van der Waals surface area (Å²) in [4.78, 5) is 0. The molecule has 0 aliphatic heterocycles. The molecule has 0 saturated heterocycles. The van der Waals surface area contributed by atoms with Gasteiger partial charge in [-0.25, -0.2) is 4.39 Å². The van der Waals surface area contributed by atoms with Crippen LogP contribution < -0.4 is 5.11 Å². The fourth-order valence-corrected chi connectivity index (χ4v) is 0.671. The zero-order chi connectivity index (χ0) is 7.72. The van der Waals surface area contributed by atoms with Crippen molar-refractivity contribution in [1.82, 2.24) is 0 Å². The SMILES string of the molecule is [O-]c1c(F)ccc(Cl)c1O. The van der Waals surface area contributed by atoms with Crippen molar-refractivity contribution in [3.05, 3.63) is 23.0 Å². The van der Waals surface area contributed by atoms with E-state index in [1.165, 1.54) is 0 Å². The Balaban J connectivity index is 3.34. The summed E-state index contributed by atoms with van der Waals surface area (Å²) in [5.74, 6) is -2.80. The second kappa shape index (κ2) is 2.34. The molecule has 0 aliphatic rings. The maximum atomic E-state index is 12.2. The third kappa shape index (κ3) is 0.998. The summed E-state index contributed by atoms with van der Waals surface area (Å²) in [7, 11) is 0. The lowest BCUT2D eigenvalue weighted by Crippen LogP contribution is -1.94. The van der Waals surface area contributed by atoms with E-state index in [4.69, 9.17) is 16.7 Å². The lowest BCUT2D eigenvalue weighted by Gasteiger charge is -2.09. The first-order valence-electron chi connectivity index (χ1n) is 2.47. The van der Waals surface area contributed by atoms with Crippen molar-refractivity contribution in [2.24, 2.45) is 0 Å². The van der Waals surface area contributed by atoms with Crippen LogP contribution in [-0.2, 0) is 0 Å². The molecular weight excluding hydrogens is 159 g/mol. The highest BCUT2D eigenvalue weighted by Crippen LogP contribution is 2.32. The Morgan fingerprint density at radius 3 is 2.60 bits per heavy atom. The van der Waals surface area contributed by atoms with Gasteiger partial charge in [-0.15, -0.1) is 0 Å². The first-order chi connectivity index (χ1) is 4.63. The number of hydrogen-bond donors (Lipinski definition) is 1. The molecule has 1 N–H and O–H groups in total. The molecule has 2 nitrogen and oxygen atoms in total. The molecule has 0 aliphatic carbocycles. The second-order valence-corrected chi connectivity index (χ2v) is 2.11. The summed E-state index contributed by atoms with van der Waals surface area (Å²) in [5.41, 5.74) is 0. The summed E-state index contributed by atoms with van der Waals surface area (Å²) in [6, 6.07) is 2.03. The molecule has 0 aromatic heterocycles. The van der Waals surface area contributed by atoms with Gasteiger partial charge in [-0.2, -0.15) is 0 Å². The van der Waals surface area contributed by atoms with Crippen LogP contribution in [0.15, 0.2) is 12.1 Å². The quantitative estimate of drug-likeness (QED) is 0.623. The largest absolute Gasteiger partial charge is 0.868 e. The lowest BCUT2D eigenvalue weighted by atomic mass is 10.3. The van der Waals surface area contributed by atoms with E-state index in [0.717, 1.165) is 12.1 Å². The zero-order valence-corrected chi connectivity index (χ0v) is 5.52. The van der Waals surface area contributed by atoms with E-state index in [1.54, 1.807) is 0 Å². The molecule has 0 radical (unpaired) electrons. The Morgan fingerprint density at radius 1 is 1.50 bits per heavy atom. The number of hydrogen-bond acceptors (Lipinski definition) is 2. The van der Waals surface area contributed by atoms with E-state index >= 15 is 0 Å². The van der Waals surface area contributed by atoms with E-state index in [2.05, 4.69) is 0 Å². The minimum absolute atomic E-state index is 0.133. The molecule has 10 heavy (non-hydrogen) atoms. The highest BCUT2D eigenvalue weighted by Gasteiger charge is 2.01. The first-order valence-corrected chi connectivity index (χ1v) is 2.84. The van der Waals surface area contributed by atoms with Gasteiger partial charge < -0.3 is 10.2 Å². The predicted molar refractivity (Wildman–Crippen MR) is 32.5 cm³/mol. The summed E-state index contributed by atoms with van der Waals surface area (Å²) < 4.78 is 12.2. The topological polar surface area (TPSA) is 43.3 Å². The molecule has 1 aromatic carbocycles. The molecule has 1 rings (SSSR count). The Kier molecular flexibility index (Phi) is 1.68. The van der Waals surface area contributed by atoms with E-state index in [0.29, 0.717) is 0 Å². The summed E-state index contributed by atoms with van der Waals surface area (Å²) >= 11 is 5.27. The Bertz CT molecular complexity index is 235. The maximum Gasteiger partial charge on any atom is 0.129 e. The van der Waals surface area contributed by atoms with Gasteiger partial charge in [0.25, 0.3) is 0 Å². The molecule has 0 heterocycles. The van der Waals surface area contributed by atoms with Gasteiger partial charge in [-0.05, 0) is 17.9 Å². The van der Waals surface area contributed by atoms with Gasteiger partial charge in [0.1, 0.15) is 11.6 Å². The first kappa shape index (κ1) is 7.15. The molecule has 0 spiro atoms. The van der Waals surface area contributed by atoms with Crippen molar-refractivity contribution in [1.29, 1.82) is 0 Å². The summed E-state index contributed by atoms with van der Waals surface area (Å²) in [6.07, 6.45) is 0. The molecule has 0 fully saturated rings. The second-order valence-electron chi connectivity index (χ2n) is 1.71. The summed E-state index contributed by atoms with van der Waals surface area (Å²) in [5, 5.41) is 19.0. The molecule has 0 unspecified atom stereocenters. The molecular formula is C6H3ClFO2-. The molecule has 0 atom stereocenters. The highest BCUT2D eigenvalue weighted by molar-refractivity contribution is 6.32. The van der Waals surface area contributed by atoms with Crippen LogP contribution in [0.3, 0.4) is 0 Å². The van der Waals surface area contributed by atoms with Crippen LogP contribution in [-0.4, -0.2) is 5.11 Å². The van der Waals surface area contributed by atoms with Gasteiger partial charge in [-0.1, -0.05) is 11.6 Å². The third-order valence-electron chi connectivity index (χ3n) is 1.03. The van der Waals surface area contributed by atoms with Crippen LogP contribution in [0, 0.1) is 5.82 Å². The van der Waals surface area contributed by atoms with Crippen molar-refractivity contribution in [2.75, 3.05) is 0 Å². The number of aromatic hydroxyl groups is 1. The Hall–Kier alpha value is -0.960. The number of phenols is 1. The zero-order valence-electron chi connectivity index (χ0n) is 4.77. The molecule has 54 valence electrons. The predicted octanol–water partition coefficient (Wildman–Crippen LogP) is 1.26. The molecule has 0 saturated carbocycles. The molecule has 1 aromatic rings. The van der Waals surface area contributed by atoms with E-state index in [-0.39, 0.29) is 5.02 Å². The van der Waals surface area contributed by atoms with Gasteiger partial charge in [0, 0.05) is 0 Å². The van der Waals surface area contributed by atoms with Crippen molar-refractivity contribution in [2.45, 2.75) is 0 Å². The normalized spacial score (nSPS) is 9.80. The minimum atomic E-state index is -1.06. The number of phenolic OH excluding ortho intramolecular Hbond substituents is 1. The standard InChI is InChI=1S/C6H4ClFO2/c7-3-1-2-4(8)6(10)5(3)9/h1-2,9-10H/p-1. The van der Waals surface area contributed by atoms with E-state index in [9.17, 15) is 9.50 Å². The van der Waals surface area contributed by atoms with Gasteiger partial charge in [0.15, 0.2) is 0 Å². The van der Waals surface area contributed by atoms with Gasteiger partial charge >= 0.3 is 0 Å².